The summed E-state index contributed by atoms with van der Waals surface area (Å²) >= 11 is 0. The van der Waals surface area contributed by atoms with E-state index in [0.717, 1.165) is 44.7 Å². The highest BCUT2D eigenvalue weighted by molar-refractivity contribution is 5.46. The second kappa shape index (κ2) is 9.70. The van der Waals surface area contributed by atoms with E-state index < -0.39 is 0 Å². The topological polar surface area (TPSA) is 30.0 Å². The second-order valence-corrected chi connectivity index (χ2v) is 8.28. The highest BCUT2D eigenvalue weighted by atomic mass is 19.1. The molecule has 156 valence electrons. The fourth-order valence-corrected chi connectivity index (χ4v) is 4.85. The normalized spacial score (nSPS) is 22.1. The van der Waals surface area contributed by atoms with Crippen LogP contribution in [0.3, 0.4) is 0 Å². The zero-order valence-electron chi connectivity index (χ0n) is 17.1. The maximum atomic E-state index is 14.1. The molecule has 0 radical (unpaired) electrons. The number of aliphatic hydroxyl groups is 1. The molecule has 0 spiro atoms. The zero-order valence-corrected chi connectivity index (χ0v) is 17.1. The third-order valence-electron chi connectivity index (χ3n) is 6.53. The van der Waals surface area contributed by atoms with Gasteiger partial charge in [0.05, 0.1) is 0 Å². The molecule has 2 aromatic carbocycles. The summed E-state index contributed by atoms with van der Waals surface area (Å²) in [6.07, 6.45) is 3.09. The van der Waals surface area contributed by atoms with Crippen molar-refractivity contribution in [2.75, 3.05) is 44.2 Å². The van der Waals surface area contributed by atoms with Gasteiger partial charge in [0.2, 0.25) is 0 Å². The molecular formula is C24H32FN3O. The molecule has 5 heteroatoms. The molecule has 0 amide bonds. The van der Waals surface area contributed by atoms with Crippen LogP contribution < -0.4 is 4.90 Å². The highest BCUT2D eigenvalue weighted by Crippen LogP contribution is 2.26. The van der Waals surface area contributed by atoms with E-state index in [1.165, 1.54) is 24.6 Å². The average Bonchev–Trinajstić information content (AvgIpc) is 2.77. The number of para-hydroxylation sites is 1. The summed E-state index contributed by atoms with van der Waals surface area (Å²) in [6.45, 7) is 5.90. The Morgan fingerprint density at radius 2 is 1.62 bits per heavy atom. The molecule has 0 aliphatic carbocycles. The Kier molecular flexibility index (Phi) is 6.80. The average molecular weight is 398 g/mol. The van der Waals surface area contributed by atoms with Crippen LogP contribution in [0.2, 0.25) is 0 Å². The Morgan fingerprint density at radius 1 is 0.897 bits per heavy atom. The van der Waals surface area contributed by atoms with Crippen molar-refractivity contribution in [1.29, 1.82) is 0 Å². The molecule has 2 aromatic rings. The molecule has 4 rings (SSSR count). The minimum absolute atomic E-state index is 0.133. The van der Waals surface area contributed by atoms with Crippen molar-refractivity contribution in [3.8, 4) is 0 Å². The number of piperidine rings is 1. The first-order valence-electron chi connectivity index (χ1n) is 10.9. The number of anilines is 1. The lowest BCUT2D eigenvalue weighted by Crippen LogP contribution is -2.57. The van der Waals surface area contributed by atoms with Gasteiger partial charge in [0, 0.05) is 69.2 Å². The first kappa shape index (κ1) is 20.3. The van der Waals surface area contributed by atoms with Crippen LogP contribution in [0.5, 0.6) is 0 Å². The summed E-state index contributed by atoms with van der Waals surface area (Å²) < 4.78 is 14.1. The first-order chi connectivity index (χ1) is 14.2. The molecule has 0 saturated carbocycles. The monoisotopic (exact) mass is 397 g/mol. The largest absolute Gasteiger partial charge is 0.396 e. The molecule has 2 heterocycles. The number of piperazine rings is 1. The van der Waals surface area contributed by atoms with Crippen molar-refractivity contribution in [2.45, 2.75) is 37.9 Å². The fraction of sp³-hybridized carbons (Fsp3) is 0.500. The SMILES string of the molecule is OCC[C@@H]1CN(C2CCN(c3ccccc3)CC2)CCN1Cc1ccccc1F. The van der Waals surface area contributed by atoms with Crippen LogP contribution >= 0.6 is 0 Å². The smallest absolute Gasteiger partial charge is 0.127 e. The lowest BCUT2D eigenvalue weighted by atomic mass is 9.99. The third kappa shape index (κ3) is 4.97. The van der Waals surface area contributed by atoms with E-state index >= 15 is 0 Å². The molecule has 2 aliphatic heterocycles. The van der Waals surface area contributed by atoms with Gasteiger partial charge in [-0.15, -0.1) is 0 Å². The van der Waals surface area contributed by atoms with E-state index in [1.807, 2.05) is 12.1 Å². The van der Waals surface area contributed by atoms with Gasteiger partial charge in [0.1, 0.15) is 5.82 Å². The van der Waals surface area contributed by atoms with Crippen molar-refractivity contribution >= 4 is 5.69 Å². The van der Waals surface area contributed by atoms with Crippen LogP contribution in [0, 0.1) is 5.82 Å². The molecule has 1 atom stereocenters. The maximum absolute atomic E-state index is 14.1. The number of benzene rings is 2. The summed E-state index contributed by atoms with van der Waals surface area (Å²) in [5, 5.41) is 9.59. The van der Waals surface area contributed by atoms with Gasteiger partial charge in [-0.2, -0.15) is 0 Å². The Bertz CT molecular complexity index is 764. The minimum Gasteiger partial charge on any atom is -0.396 e. The van der Waals surface area contributed by atoms with Gasteiger partial charge in [0.25, 0.3) is 0 Å². The molecule has 2 saturated heterocycles. The zero-order chi connectivity index (χ0) is 20.1. The van der Waals surface area contributed by atoms with Gasteiger partial charge in [0.15, 0.2) is 0 Å². The number of hydrogen-bond acceptors (Lipinski definition) is 4. The molecule has 1 N–H and O–H groups in total. The van der Waals surface area contributed by atoms with Gasteiger partial charge < -0.3 is 10.0 Å². The van der Waals surface area contributed by atoms with Crippen LogP contribution in [0.15, 0.2) is 54.6 Å². The molecule has 4 nitrogen and oxygen atoms in total. The Morgan fingerprint density at radius 3 is 2.34 bits per heavy atom. The Hall–Kier alpha value is -1.95. The number of hydrogen-bond donors (Lipinski definition) is 1. The number of nitrogens with zero attached hydrogens (tertiary/aromatic N) is 3. The Labute approximate surface area is 173 Å². The summed E-state index contributed by atoms with van der Waals surface area (Å²) in [5.74, 6) is -0.133. The van der Waals surface area contributed by atoms with Gasteiger partial charge in [-0.3, -0.25) is 9.80 Å². The predicted molar refractivity (Wildman–Crippen MR) is 116 cm³/mol. The van der Waals surface area contributed by atoms with E-state index in [0.29, 0.717) is 12.6 Å². The molecule has 0 unspecified atom stereocenters. The van der Waals surface area contributed by atoms with E-state index in [1.54, 1.807) is 6.07 Å². The molecule has 29 heavy (non-hydrogen) atoms. The number of halogens is 1. The maximum Gasteiger partial charge on any atom is 0.127 e. The van der Waals surface area contributed by atoms with Crippen LogP contribution in [-0.2, 0) is 6.54 Å². The minimum atomic E-state index is -0.133. The number of aliphatic hydroxyl groups excluding tert-OH is 1. The fourth-order valence-electron chi connectivity index (χ4n) is 4.85. The number of rotatable bonds is 6. The van der Waals surface area contributed by atoms with Crippen molar-refractivity contribution in [3.05, 3.63) is 66.0 Å². The van der Waals surface area contributed by atoms with Gasteiger partial charge in [-0.25, -0.2) is 4.39 Å². The van der Waals surface area contributed by atoms with Crippen molar-refractivity contribution in [1.82, 2.24) is 9.80 Å². The summed E-state index contributed by atoms with van der Waals surface area (Å²) in [6, 6.07) is 18.6. The molecular weight excluding hydrogens is 365 g/mol. The lowest BCUT2D eigenvalue weighted by molar-refractivity contribution is 0.0249. The van der Waals surface area contributed by atoms with E-state index in [4.69, 9.17) is 0 Å². The van der Waals surface area contributed by atoms with E-state index in [-0.39, 0.29) is 18.5 Å². The lowest BCUT2D eigenvalue weighted by Gasteiger charge is -2.47. The standard InChI is InChI=1S/C24H32FN3O/c25-24-9-5-4-6-20(24)18-27-15-16-28(19-23(27)12-17-29)22-10-13-26(14-11-22)21-7-2-1-3-8-21/h1-9,22-23,29H,10-19H2/t23-/m1/s1. The van der Waals surface area contributed by atoms with Crippen LogP contribution in [0.1, 0.15) is 24.8 Å². The highest BCUT2D eigenvalue weighted by Gasteiger charge is 2.32. The van der Waals surface area contributed by atoms with E-state index in [2.05, 4.69) is 45.0 Å². The second-order valence-electron chi connectivity index (χ2n) is 8.28. The predicted octanol–water partition coefficient (Wildman–Crippen LogP) is 3.36. The molecule has 2 aliphatic rings. The van der Waals surface area contributed by atoms with Crippen molar-refractivity contribution in [2.24, 2.45) is 0 Å². The molecule has 0 bridgehead atoms. The third-order valence-corrected chi connectivity index (χ3v) is 6.53. The van der Waals surface area contributed by atoms with Crippen LogP contribution in [0.4, 0.5) is 10.1 Å². The molecule has 0 aromatic heterocycles. The van der Waals surface area contributed by atoms with Gasteiger partial charge in [-0.05, 0) is 37.5 Å². The van der Waals surface area contributed by atoms with Crippen LogP contribution in [0.25, 0.3) is 0 Å². The van der Waals surface area contributed by atoms with Crippen LogP contribution in [-0.4, -0.2) is 66.3 Å². The summed E-state index contributed by atoms with van der Waals surface area (Å²) in [4.78, 5) is 7.45. The van der Waals surface area contributed by atoms with Crippen molar-refractivity contribution < 1.29 is 9.50 Å². The summed E-state index contributed by atoms with van der Waals surface area (Å²) in [7, 11) is 0. The van der Waals surface area contributed by atoms with Gasteiger partial charge in [-0.1, -0.05) is 36.4 Å². The van der Waals surface area contributed by atoms with E-state index in [9.17, 15) is 9.50 Å². The van der Waals surface area contributed by atoms with Crippen molar-refractivity contribution in [3.63, 3.8) is 0 Å². The quantitative estimate of drug-likeness (QED) is 0.810. The summed E-state index contributed by atoms with van der Waals surface area (Å²) in [5.41, 5.74) is 2.07. The molecule has 2 fully saturated rings. The van der Waals surface area contributed by atoms with Gasteiger partial charge >= 0.3 is 0 Å². The Balaban J connectivity index is 1.34. The first-order valence-corrected chi connectivity index (χ1v) is 10.9.